The molecule has 3 aromatic rings. The van der Waals surface area contributed by atoms with Gasteiger partial charge in [-0.3, -0.25) is 0 Å². The second-order valence-corrected chi connectivity index (χ2v) is 16.8. The van der Waals surface area contributed by atoms with E-state index in [0.29, 0.717) is 19.0 Å². The van der Waals surface area contributed by atoms with Crippen LogP contribution >= 0.6 is 22.6 Å². The summed E-state index contributed by atoms with van der Waals surface area (Å²) in [6, 6.07) is 25.0. The highest BCUT2D eigenvalue weighted by Gasteiger charge is 2.26. The minimum atomic E-state index is -1.38. The Bertz CT molecular complexity index is 1150. The number of carbonyl (C=O) groups is 2. The molecule has 1 amide bonds. The van der Waals surface area contributed by atoms with Crippen LogP contribution in [0.3, 0.4) is 0 Å². The largest absolute Gasteiger partial charge is 0.489 e. The second kappa shape index (κ2) is 14.2. The number of hydrogen-bond donors (Lipinski definition) is 1. The zero-order valence-corrected chi connectivity index (χ0v) is 24.7. The van der Waals surface area contributed by atoms with E-state index in [4.69, 9.17) is 14.2 Å². The predicted octanol–water partition coefficient (Wildman–Crippen LogP) is 6.59. The van der Waals surface area contributed by atoms with Gasteiger partial charge >= 0.3 is 12.1 Å². The Hall–Kier alpha value is -2.85. The number of halogens is 1. The number of amides is 1. The Morgan fingerprint density at radius 1 is 0.865 bits per heavy atom. The summed E-state index contributed by atoms with van der Waals surface area (Å²) < 4.78 is 18.1. The Kier molecular flexibility index (Phi) is 11.0. The molecule has 0 heterocycles. The van der Waals surface area contributed by atoms with Crippen LogP contribution in [0, 0.1) is 3.57 Å². The monoisotopic (exact) mass is 631 g/mol. The SMILES string of the molecule is C[Si](C)(C)CCOC(=O)[C@H](Cc1cc(I)ccc1OCc1ccccc1)NC(=O)OCc1ccccc1. The number of carbonyl (C=O) groups excluding carboxylic acids is 2. The zero-order valence-electron chi connectivity index (χ0n) is 21.5. The molecule has 37 heavy (non-hydrogen) atoms. The van der Waals surface area contributed by atoms with Gasteiger partial charge in [-0.2, -0.15) is 0 Å². The van der Waals surface area contributed by atoms with E-state index in [2.05, 4.69) is 47.5 Å². The number of hydrogen-bond acceptors (Lipinski definition) is 5. The molecule has 0 saturated heterocycles. The number of rotatable bonds is 12. The lowest BCUT2D eigenvalue weighted by Crippen LogP contribution is -2.44. The molecule has 3 rings (SSSR count). The molecule has 3 aromatic carbocycles. The van der Waals surface area contributed by atoms with Crippen LogP contribution < -0.4 is 10.1 Å². The maximum absolute atomic E-state index is 13.1. The van der Waals surface area contributed by atoms with Gasteiger partial charge < -0.3 is 19.5 Å². The number of benzene rings is 3. The number of esters is 1. The van der Waals surface area contributed by atoms with Crippen molar-refractivity contribution in [3.05, 3.63) is 99.1 Å². The summed E-state index contributed by atoms with van der Waals surface area (Å²) in [6.07, 6.45) is -0.457. The van der Waals surface area contributed by atoms with E-state index >= 15 is 0 Å². The van der Waals surface area contributed by atoms with Gasteiger partial charge in [-0.15, -0.1) is 0 Å². The normalized spacial score (nSPS) is 11.9. The van der Waals surface area contributed by atoms with Gasteiger partial charge in [0.1, 0.15) is 25.0 Å². The lowest BCUT2D eigenvalue weighted by molar-refractivity contribution is -0.145. The van der Waals surface area contributed by atoms with Gasteiger partial charge in [0.25, 0.3) is 0 Å². The fourth-order valence-electron chi connectivity index (χ4n) is 3.46. The maximum atomic E-state index is 13.1. The van der Waals surface area contributed by atoms with Gasteiger partial charge in [0.05, 0.1) is 6.61 Å². The van der Waals surface area contributed by atoms with Gasteiger partial charge in [0.2, 0.25) is 0 Å². The summed E-state index contributed by atoms with van der Waals surface area (Å²) in [4.78, 5) is 25.7. The first-order valence-corrected chi connectivity index (χ1v) is 17.1. The first kappa shape index (κ1) is 28.7. The molecule has 0 spiro atoms. The Morgan fingerprint density at radius 2 is 1.49 bits per heavy atom. The van der Waals surface area contributed by atoms with E-state index < -0.39 is 26.2 Å². The molecular formula is C29H34INO5Si. The molecular weight excluding hydrogens is 597 g/mol. The van der Waals surface area contributed by atoms with Crippen LogP contribution in [0.25, 0.3) is 0 Å². The summed E-state index contributed by atoms with van der Waals surface area (Å²) in [5.41, 5.74) is 2.70. The fraction of sp³-hybridized carbons (Fsp3) is 0.310. The van der Waals surface area contributed by atoms with E-state index in [0.717, 1.165) is 26.3 Å². The van der Waals surface area contributed by atoms with Crippen LogP contribution in [0.1, 0.15) is 16.7 Å². The van der Waals surface area contributed by atoms with Gasteiger partial charge in [0, 0.05) is 18.1 Å². The van der Waals surface area contributed by atoms with Crippen molar-refractivity contribution in [1.82, 2.24) is 5.32 Å². The lowest BCUT2D eigenvalue weighted by Gasteiger charge is -2.21. The number of ether oxygens (including phenoxy) is 3. The first-order valence-electron chi connectivity index (χ1n) is 12.3. The summed E-state index contributed by atoms with van der Waals surface area (Å²) in [7, 11) is -1.38. The van der Waals surface area contributed by atoms with Crippen molar-refractivity contribution in [1.29, 1.82) is 0 Å². The summed E-state index contributed by atoms with van der Waals surface area (Å²) in [6.45, 7) is 7.50. The average molecular weight is 632 g/mol. The molecule has 1 N–H and O–H groups in total. The molecule has 196 valence electrons. The Balaban J connectivity index is 1.72. The van der Waals surface area contributed by atoms with Crippen molar-refractivity contribution in [2.75, 3.05) is 6.61 Å². The molecule has 0 aromatic heterocycles. The molecule has 0 bridgehead atoms. The molecule has 6 nitrogen and oxygen atoms in total. The van der Waals surface area contributed by atoms with Crippen LogP contribution in [0.2, 0.25) is 25.7 Å². The third kappa shape index (κ3) is 10.6. The first-order chi connectivity index (χ1) is 17.7. The van der Waals surface area contributed by atoms with Crippen LogP contribution in [0.15, 0.2) is 78.9 Å². The standard InChI is InChI=1S/C29H34INO5Si/c1-37(2,3)17-16-34-28(32)26(31-29(33)36-21-23-12-8-5-9-13-23)19-24-18-25(30)14-15-27(24)35-20-22-10-6-4-7-11-22/h4-15,18,26H,16-17,19-21H2,1-3H3,(H,31,33)/t26-/m0/s1. The minimum absolute atomic E-state index is 0.110. The van der Waals surface area contributed by atoms with Crippen molar-refractivity contribution in [3.63, 3.8) is 0 Å². The third-order valence-electron chi connectivity index (χ3n) is 5.57. The molecule has 1 atom stereocenters. The van der Waals surface area contributed by atoms with E-state index in [-0.39, 0.29) is 13.0 Å². The molecule has 0 saturated carbocycles. The van der Waals surface area contributed by atoms with Crippen LogP contribution in [0.4, 0.5) is 4.79 Å². The third-order valence-corrected chi connectivity index (χ3v) is 7.94. The summed E-state index contributed by atoms with van der Waals surface area (Å²) >= 11 is 2.22. The second-order valence-electron chi connectivity index (χ2n) is 9.97. The van der Waals surface area contributed by atoms with Crippen molar-refractivity contribution >= 4 is 42.7 Å². The Labute approximate surface area is 233 Å². The van der Waals surface area contributed by atoms with Crippen LogP contribution in [0.5, 0.6) is 5.75 Å². The molecule has 0 aliphatic heterocycles. The minimum Gasteiger partial charge on any atom is -0.489 e. The number of alkyl carbamates (subject to hydrolysis) is 1. The van der Waals surface area contributed by atoms with Crippen molar-refractivity contribution in [2.24, 2.45) is 0 Å². The maximum Gasteiger partial charge on any atom is 0.408 e. The molecule has 0 aliphatic rings. The van der Waals surface area contributed by atoms with Crippen molar-refractivity contribution in [3.8, 4) is 5.75 Å². The highest BCUT2D eigenvalue weighted by Crippen LogP contribution is 2.24. The fourth-order valence-corrected chi connectivity index (χ4v) is 4.73. The topological polar surface area (TPSA) is 73.9 Å². The smallest absolute Gasteiger partial charge is 0.408 e. The molecule has 0 unspecified atom stereocenters. The molecule has 0 radical (unpaired) electrons. The van der Waals surface area contributed by atoms with E-state index in [1.807, 2.05) is 78.9 Å². The quantitative estimate of drug-likeness (QED) is 0.139. The van der Waals surface area contributed by atoms with Crippen LogP contribution in [-0.4, -0.2) is 32.8 Å². The average Bonchev–Trinajstić information content (AvgIpc) is 2.87. The highest BCUT2D eigenvalue weighted by molar-refractivity contribution is 14.1. The van der Waals surface area contributed by atoms with Crippen molar-refractivity contribution < 1.29 is 23.8 Å². The summed E-state index contributed by atoms with van der Waals surface area (Å²) in [5, 5.41) is 2.72. The molecule has 0 fully saturated rings. The van der Waals surface area contributed by atoms with Gasteiger partial charge in [-0.1, -0.05) is 80.3 Å². The lowest BCUT2D eigenvalue weighted by atomic mass is 10.0. The highest BCUT2D eigenvalue weighted by atomic mass is 127. The predicted molar refractivity (Wildman–Crippen MR) is 156 cm³/mol. The van der Waals surface area contributed by atoms with Gasteiger partial charge in [0.15, 0.2) is 0 Å². The van der Waals surface area contributed by atoms with Gasteiger partial charge in [-0.05, 0) is 63.5 Å². The van der Waals surface area contributed by atoms with E-state index in [1.54, 1.807) is 0 Å². The van der Waals surface area contributed by atoms with Crippen LogP contribution in [-0.2, 0) is 33.9 Å². The van der Waals surface area contributed by atoms with Gasteiger partial charge in [-0.25, -0.2) is 9.59 Å². The van der Waals surface area contributed by atoms with Crippen molar-refractivity contribution in [2.45, 2.75) is 51.4 Å². The molecule has 0 aliphatic carbocycles. The van der Waals surface area contributed by atoms with E-state index in [9.17, 15) is 9.59 Å². The summed E-state index contributed by atoms with van der Waals surface area (Å²) in [5.74, 6) is 0.173. The molecule has 8 heteroatoms. The van der Waals surface area contributed by atoms with E-state index in [1.165, 1.54) is 0 Å². The Morgan fingerprint density at radius 3 is 2.11 bits per heavy atom. The number of nitrogens with one attached hydrogen (secondary N) is 1. The zero-order chi connectivity index (χ0) is 26.7.